The second-order valence-corrected chi connectivity index (χ2v) is 11.1. The van der Waals surface area contributed by atoms with E-state index in [1.54, 1.807) is 25.1 Å². The maximum Gasteiger partial charge on any atom is 0.320 e. The minimum Gasteiger partial charge on any atom is -0.367 e. The molecule has 3 aliphatic rings. The third-order valence-corrected chi connectivity index (χ3v) is 8.12. The molecule has 214 valence electrons. The zero-order chi connectivity index (χ0) is 28.2. The number of rotatable bonds is 8. The summed E-state index contributed by atoms with van der Waals surface area (Å²) >= 11 is 0. The van der Waals surface area contributed by atoms with Gasteiger partial charge in [-0.25, -0.2) is 9.78 Å². The van der Waals surface area contributed by atoms with Crippen LogP contribution in [0.25, 0.3) is 0 Å². The van der Waals surface area contributed by atoms with Crippen LogP contribution in [0.3, 0.4) is 0 Å². The normalized spacial score (nSPS) is 17.7. The van der Waals surface area contributed by atoms with E-state index in [4.69, 9.17) is 5.41 Å². The van der Waals surface area contributed by atoms with E-state index >= 15 is 0 Å². The molecule has 4 heterocycles. The zero-order valence-corrected chi connectivity index (χ0v) is 23.7. The van der Waals surface area contributed by atoms with Crippen LogP contribution in [0.15, 0.2) is 36.8 Å². The van der Waals surface area contributed by atoms with Crippen molar-refractivity contribution in [3.63, 3.8) is 0 Å². The van der Waals surface area contributed by atoms with E-state index in [-0.39, 0.29) is 18.0 Å². The molecule has 2 aromatic rings. The number of carbonyl (C=O) groups excluding carboxylic acids is 2. The van der Waals surface area contributed by atoms with E-state index in [1.807, 2.05) is 32.7 Å². The van der Waals surface area contributed by atoms with Crippen molar-refractivity contribution in [1.29, 1.82) is 5.41 Å². The van der Waals surface area contributed by atoms with Crippen LogP contribution in [-0.4, -0.2) is 95.8 Å². The van der Waals surface area contributed by atoms with Crippen molar-refractivity contribution in [3.8, 4) is 0 Å². The molecule has 11 heteroatoms. The molecule has 0 aromatic carbocycles. The fourth-order valence-electron chi connectivity index (χ4n) is 5.96. The number of piperazine rings is 1. The third kappa shape index (κ3) is 5.78. The van der Waals surface area contributed by atoms with Crippen molar-refractivity contribution in [2.24, 2.45) is 0 Å². The van der Waals surface area contributed by atoms with Gasteiger partial charge in [0.2, 0.25) is 0 Å². The van der Waals surface area contributed by atoms with E-state index in [9.17, 15) is 9.59 Å². The summed E-state index contributed by atoms with van der Waals surface area (Å²) in [5, 5.41) is 14.5. The minimum atomic E-state index is -0.0832. The highest BCUT2D eigenvalue weighted by molar-refractivity contribution is 5.98. The summed E-state index contributed by atoms with van der Waals surface area (Å²) in [7, 11) is 3.49. The number of aromatic nitrogens is 2. The van der Waals surface area contributed by atoms with E-state index < -0.39 is 0 Å². The molecule has 1 saturated carbocycles. The summed E-state index contributed by atoms with van der Waals surface area (Å²) in [5.74, 6) is 1.77. The molecule has 2 aliphatic heterocycles. The van der Waals surface area contributed by atoms with Gasteiger partial charge in [0.05, 0.1) is 11.9 Å². The highest BCUT2D eigenvalue weighted by Crippen LogP contribution is 2.36. The summed E-state index contributed by atoms with van der Waals surface area (Å²) in [6.07, 6.45) is 9.57. The number of pyridine rings is 1. The van der Waals surface area contributed by atoms with Crippen LogP contribution in [0, 0.1) is 5.41 Å². The highest BCUT2D eigenvalue weighted by atomic mass is 16.2. The summed E-state index contributed by atoms with van der Waals surface area (Å²) in [4.78, 5) is 38.0. The lowest BCUT2D eigenvalue weighted by Gasteiger charge is -2.37. The lowest BCUT2D eigenvalue weighted by Crippen LogP contribution is -2.52. The van der Waals surface area contributed by atoms with Crippen molar-refractivity contribution < 1.29 is 9.59 Å². The SMILES string of the molecule is C=C(Nc1ccc(N2CCN(C(=O)N3CCCC3)CC2)cn1)Nc1c(C=N)cc(C(=O)N(C)C)n1C1CCCC1. The van der Waals surface area contributed by atoms with Crippen molar-refractivity contribution in [2.45, 2.75) is 44.6 Å². The first-order valence-corrected chi connectivity index (χ1v) is 14.3. The molecule has 0 radical (unpaired) electrons. The first-order chi connectivity index (χ1) is 19.4. The van der Waals surface area contributed by atoms with Gasteiger partial charge in [-0.1, -0.05) is 19.4 Å². The van der Waals surface area contributed by atoms with Gasteiger partial charge in [0, 0.05) is 71.2 Å². The Labute approximate surface area is 236 Å². The lowest BCUT2D eigenvalue weighted by atomic mass is 10.2. The number of hydrogen-bond acceptors (Lipinski definition) is 7. The molecule has 40 heavy (non-hydrogen) atoms. The van der Waals surface area contributed by atoms with Gasteiger partial charge in [-0.15, -0.1) is 0 Å². The Kier molecular flexibility index (Phi) is 8.27. The van der Waals surface area contributed by atoms with Crippen LogP contribution in [0.1, 0.15) is 60.6 Å². The lowest BCUT2D eigenvalue weighted by molar-refractivity contribution is 0.0815. The van der Waals surface area contributed by atoms with E-state index in [0.29, 0.717) is 41.8 Å². The summed E-state index contributed by atoms with van der Waals surface area (Å²) in [6, 6.07) is 6.10. The highest BCUT2D eigenvalue weighted by Gasteiger charge is 2.29. The molecule has 3 amide bonds. The number of likely N-dealkylation sites (tertiary alicyclic amines) is 1. The molecule has 1 aliphatic carbocycles. The van der Waals surface area contributed by atoms with Gasteiger partial charge >= 0.3 is 6.03 Å². The van der Waals surface area contributed by atoms with Crippen LogP contribution in [0.2, 0.25) is 0 Å². The fourth-order valence-corrected chi connectivity index (χ4v) is 5.96. The van der Waals surface area contributed by atoms with Crippen LogP contribution in [-0.2, 0) is 0 Å². The standard InChI is InChI=1S/C29H41N9O2/c1-21(33-27-22(19-30)18-25(28(39)34(2)3)38(27)23-8-4-5-9-23)32-26-11-10-24(20-31-26)35-14-16-37(17-15-35)29(40)36-12-6-7-13-36/h10-11,18-20,23,30,33H,1,4-9,12-17H2,2-3H3,(H,31,32). The molecular weight excluding hydrogens is 506 g/mol. The monoisotopic (exact) mass is 547 g/mol. The Bertz CT molecular complexity index is 1230. The fraction of sp³-hybridized carbons (Fsp3) is 0.517. The average Bonchev–Trinajstić information content (AvgIpc) is 3.74. The van der Waals surface area contributed by atoms with Gasteiger partial charge in [0.1, 0.15) is 23.2 Å². The Morgan fingerprint density at radius 1 is 1.00 bits per heavy atom. The number of nitrogens with one attached hydrogen (secondary N) is 3. The summed E-state index contributed by atoms with van der Waals surface area (Å²) < 4.78 is 2.05. The molecule has 0 spiro atoms. The first kappa shape index (κ1) is 27.5. The second kappa shape index (κ2) is 12.0. The van der Waals surface area contributed by atoms with E-state index in [2.05, 4.69) is 27.1 Å². The third-order valence-electron chi connectivity index (χ3n) is 8.12. The zero-order valence-electron chi connectivity index (χ0n) is 23.7. The molecule has 0 atom stereocenters. The van der Waals surface area contributed by atoms with Crippen molar-refractivity contribution in [1.82, 2.24) is 24.3 Å². The smallest absolute Gasteiger partial charge is 0.320 e. The number of nitrogens with zero attached hydrogens (tertiary/aromatic N) is 6. The number of anilines is 3. The van der Waals surface area contributed by atoms with E-state index in [0.717, 1.165) is 70.4 Å². The van der Waals surface area contributed by atoms with Crippen LogP contribution < -0.4 is 15.5 Å². The maximum atomic E-state index is 13.0. The number of amides is 3. The topological polar surface area (TPSA) is 113 Å². The van der Waals surface area contributed by atoms with Gasteiger partial charge in [-0.2, -0.15) is 0 Å². The Hall–Kier alpha value is -4.02. The van der Waals surface area contributed by atoms with Crippen LogP contribution in [0.5, 0.6) is 0 Å². The predicted octanol–water partition coefficient (Wildman–Crippen LogP) is 4.03. The molecule has 0 bridgehead atoms. The Morgan fingerprint density at radius 2 is 1.68 bits per heavy atom. The van der Waals surface area contributed by atoms with E-state index in [1.165, 1.54) is 6.21 Å². The largest absolute Gasteiger partial charge is 0.367 e. The van der Waals surface area contributed by atoms with Gasteiger partial charge in [0.15, 0.2) is 0 Å². The number of urea groups is 1. The number of hydrogen-bond donors (Lipinski definition) is 3. The molecule has 5 rings (SSSR count). The van der Waals surface area contributed by atoms with Gasteiger partial charge < -0.3 is 40.2 Å². The molecule has 2 aromatic heterocycles. The number of carbonyl (C=O) groups is 2. The van der Waals surface area contributed by atoms with Crippen LogP contribution >= 0.6 is 0 Å². The molecule has 3 fully saturated rings. The quantitative estimate of drug-likeness (QED) is 0.430. The maximum absolute atomic E-state index is 13.0. The molecule has 0 unspecified atom stereocenters. The molecule has 3 N–H and O–H groups in total. The summed E-state index contributed by atoms with van der Waals surface area (Å²) in [5.41, 5.74) is 2.24. The molecule has 11 nitrogen and oxygen atoms in total. The van der Waals surface area contributed by atoms with Crippen molar-refractivity contribution in [2.75, 3.05) is 68.9 Å². The van der Waals surface area contributed by atoms with Gasteiger partial charge in [-0.05, 0) is 43.9 Å². The van der Waals surface area contributed by atoms with Crippen molar-refractivity contribution >= 4 is 35.5 Å². The predicted molar refractivity (Wildman–Crippen MR) is 158 cm³/mol. The van der Waals surface area contributed by atoms with Gasteiger partial charge in [-0.3, -0.25) is 4.79 Å². The average molecular weight is 548 g/mol. The van der Waals surface area contributed by atoms with Gasteiger partial charge in [0.25, 0.3) is 5.91 Å². The second-order valence-electron chi connectivity index (χ2n) is 11.1. The molecular formula is C29H41N9O2. The van der Waals surface area contributed by atoms with Crippen molar-refractivity contribution in [3.05, 3.63) is 48.1 Å². The summed E-state index contributed by atoms with van der Waals surface area (Å²) in [6.45, 7) is 8.89. The first-order valence-electron chi connectivity index (χ1n) is 14.3. The minimum absolute atomic E-state index is 0.0832. The Morgan fingerprint density at radius 3 is 2.27 bits per heavy atom. The Balaban J connectivity index is 1.22. The van der Waals surface area contributed by atoms with Crippen LogP contribution in [0.4, 0.5) is 22.1 Å². The molecule has 2 saturated heterocycles.